The maximum atomic E-state index is 13.6. The van der Waals surface area contributed by atoms with Gasteiger partial charge in [-0.2, -0.15) is 0 Å². The summed E-state index contributed by atoms with van der Waals surface area (Å²) in [7, 11) is 3.30. The number of hydrogen-bond acceptors (Lipinski definition) is 6. The van der Waals surface area contributed by atoms with Crippen LogP contribution in [0, 0.1) is 5.82 Å². The molecule has 0 saturated carbocycles. The van der Waals surface area contributed by atoms with Gasteiger partial charge in [-0.05, 0) is 47.5 Å². The average Bonchev–Trinajstić information content (AvgIpc) is 2.83. The van der Waals surface area contributed by atoms with Crippen LogP contribution < -0.4 is 27.4 Å². The number of fused-ring (bicyclic) bond motifs is 1. The fraction of sp³-hybridized carbons (Fsp3) is 0.174. The molecule has 1 aliphatic heterocycles. The van der Waals surface area contributed by atoms with Crippen LogP contribution in [-0.4, -0.2) is 33.8 Å². The number of amides is 1. The molecule has 10 heteroatoms. The number of nitrogens with zero attached hydrogens (tertiary/aromatic N) is 3. The molecule has 170 valence electrons. The molecule has 4 rings (SSSR count). The van der Waals surface area contributed by atoms with Gasteiger partial charge in [-0.1, -0.05) is 12.1 Å². The Kier molecular flexibility index (Phi) is 6.09. The number of rotatable bonds is 6. The molecule has 0 saturated heterocycles. The molecule has 0 fully saturated rings. The summed E-state index contributed by atoms with van der Waals surface area (Å²) >= 11 is 0. The highest BCUT2D eigenvalue weighted by Gasteiger charge is 2.15. The topological polar surface area (TPSA) is 100 Å². The Morgan fingerprint density at radius 3 is 2.73 bits per heavy atom. The molecule has 0 bridgehead atoms. The first-order chi connectivity index (χ1) is 15.9. The van der Waals surface area contributed by atoms with Gasteiger partial charge >= 0.3 is 5.69 Å². The summed E-state index contributed by atoms with van der Waals surface area (Å²) in [6, 6.07) is 10.3. The molecule has 1 aliphatic rings. The first-order valence-corrected chi connectivity index (χ1v) is 10.2. The second kappa shape index (κ2) is 9.13. The minimum Gasteiger partial charge on any atom is -0.348 e. The zero-order valence-electron chi connectivity index (χ0n) is 18.1. The molecule has 3 aromatic rings. The van der Waals surface area contributed by atoms with Crippen molar-refractivity contribution in [3.05, 3.63) is 104 Å². The Balaban J connectivity index is 1.64. The van der Waals surface area contributed by atoms with Crippen molar-refractivity contribution in [3.63, 3.8) is 0 Å². The molecule has 1 amide bonds. The van der Waals surface area contributed by atoms with E-state index in [-0.39, 0.29) is 24.4 Å². The highest BCUT2D eigenvalue weighted by atomic mass is 19.1. The predicted octanol–water partition coefficient (Wildman–Crippen LogP) is 0.970. The predicted molar refractivity (Wildman–Crippen MR) is 123 cm³/mol. The van der Waals surface area contributed by atoms with Gasteiger partial charge in [0, 0.05) is 38.6 Å². The Morgan fingerprint density at radius 2 is 1.97 bits per heavy atom. The molecule has 0 radical (unpaired) electrons. The van der Waals surface area contributed by atoms with Gasteiger partial charge < -0.3 is 5.32 Å². The van der Waals surface area contributed by atoms with Crippen molar-refractivity contribution < 1.29 is 9.18 Å². The van der Waals surface area contributed by atoms with Crippen LogP contribution in [-0.2, 0) is 13.6 Å². The van der Waals surface area contributed by atoms with Gasteiger partial charge in [0.1, 0.15) is 5.82 Å². The maximum Gasteiger partial charge on any atom is 0.331 e. The molecule has 2 aromatic carbocycles. The number of halogens is 1. The van der Waals surface area contributed by atoms with Crippen molar-refractivity contribution in [2.75, 3.05) is 13.6 Å². The lowest BCUT2D eigenvalue weighted by Crippen LogP contribution is -2.41. The van der Waals surface area contributed by atoms with E-state index < -0.39 is 17.1 Å². The molecular formula is C23H23FN6O3. The fourth-order valence-corrected chi connectivity index (χ4v) is 3.60. The Bertz CT molecular complexity index is 1410. The fourth-order valence-electron chi connectivity index (χ4n) is 3.60. The van der Waals surface area contributed by atoms with Crippen molar-refractivity contribution >= 4 is 16.8 Å². The van der Waals surface area contributed by atoms with Gasteiger partial charge in [-0.25, -0.2) is 19.7 Å². The molecule has 0 atom stereocenters. The number of carbonyl (C=O) groups is 1. The smallest absolute Gasteiger partial charge is 0.331 e. The standard InChI is InChI=1S/C23H23FN6O3/c1-25-30-14-16(8-9-27-30)12-26-21(31)17-6-7-20-19(11-17)22(32)29(23(33)28(20)2)13-15-4-3-5-18(24)10-15/h3-11,14,25,27H,12-13H2,1-2H3,(H,26,31). The van der Waals surface area contributed by atoms with E-state index in [9.17, 15) is 18.8 Å². The quantitative estimate of drug-likeness (QED) is 0.518. The van der Waals surface area contributed by atoms with Crippen LogP contribution in [0.4, 0.5) is 4.39 Å². The van der Waals surface area contributed by atoms with Crippen LogP contribution in [0.25, 0.3) is 10.9 Å². The normalized spacial score (nSPS) is 13.1. The summed E-state index contributed by atoms with van der Waals surface area (Å²) in [5.41, 5.74) is 6.84. The first-order valence-electron chi connectivity index (χ1n) is 10.2. The van der Waals surface area contributed by atoms with Crippen LogP contribution in [0.5, 0.6) is 0 Å². The zero-order chi connectivity index (χ0) is 23.5. The average molecular weight is 450 g/mol. The van der Waals surface area contributed by atoms with E-state index in [1.807, 2.05) is 6.08 Å². The summed E-state index contributed by atoms with van der Waals surface area (Å²) in [6.07, 6.45) is 5.35. The SMILES string of the molecule is CNN1C=C(CNC(=O)c2ccc3c(c2)c(=O)n(Cc2cccc(F)c2)c(=O)n3C)C=CN1. The van der Waals surface area contributed by atoms with E-state index in [0.717, 1.165) is 10.1 Å². The van der Waals surface area contributed by atoms with E-state index in [1.54, 1.807) is 49.8 Å². The van der Waals surface area contributed by atoms with E-state index in [4.69, 9.17) is 0 Å². The second-order valence-corrected chi connectivity index (χ2v) is 7.54. The van der Waals surface area contributed by atoms with Crippen LogP contribution in [0.2, 0.25) is 0 Å². The largest absolute Gasteiger partial charge is 0.348 e. The lowest BCUT2D eigenvalue weighted by molar-refractivity contribution is 0.0957. The third-order valence-electron chi connectivity index (χ3n) is 5.34. The first kappa shape index (κ1) is 22.0. The number of nitrogens with one attached hydrogen (secondary N) is 3. The van der Waals surface area contributed by atoms with Crippen molar-refractivity contribution in [1.82, 2.24) is 30.4 Å². The van der Waals surface area contributed by atoms with Gasteiger partial charge in [0.25, 0.3) is 11.5 Å². The van der Waals surface area contributed by atoms with Crippen LogP contribution >= 0.6 is 0 Å². The number of aromatic nitrogens is 2. The molecule has 9 nitrogen and oxygen atoms in total. The van der Waals surface area contributed by atoms with Gasteiger partial charge in [0.05, 0.1) is 17.4 Å². The molecule has 1 aromatic heterocycles. The van der Waals surface area contributed by atoms with Crippen molar-refractivity contribution in [1.29, 1.82) is 0 Å². The number of aryl methyl sites for hydroxylation is 1. The van der Waals surface area contributed by atoms with Crippen molar-refractivity contribution in [2.45, 2.75) is 6.54 Å². The monoisotopic (exact) mass is 450 g/mol. The maximum absolute atomic E-state index is 13.6. The summed E-state index contributed by atoms with van der Waals surface area (Å²) in [4.78, 5) is 38.6. The van der Waals surface area contributed by atoms with Crippen molar-refractivity contribution in [2.24, 2.45) is 7.05 Å². The van der Waals surface area contributed by atoms with E-state index in [0.29, 0.717) is 16.6 Å². The number of hydrazine groups is 2. The number of hydrogen-bond donors (Lipinski definition) is 3. The minimum absolute atomic E-state index is 0.0773. The van der Waals surface area contributed by atoms with E-state index in [1.165, 1.54) is 28.8 Å². The van der Waals surface area contributed by atoms with E-state index >= 15 is 0 Å². The number of carbonyl (C=O) groups excluding carboxylic acids is 1. The molecule has 2 heterocycles. The minimum atomic E-state index is -0.541. The molecule has 0 spiro atoms. The zero-order valence-corrected chi connectivity index (χ0v) is 18.1. The lowest BCUT2D eigenvalue weighted by Gasteiger charge is -2.23. The van der Waals surface area contributed by atoms with Crippen molar-refractivity contribution in [3.8, 4) is 0 Å². The third kappa shape index (κ3) is 4.55. The Morgan fingerprint density at radius 1 is 1.15 bits per heavy atom. The Labute approximate surface area is 188 Å². The molecule has 0 unspecified atom stereocenters. The third-order valence-corrected chi connectivity index (χ3v) is 5.34. The van der Waals surface area contributed by atoms with Gasteiger partial charge in [-0.3, -0.25) is 24.1 Å². The highest BCUT2D eigenvalue weighted by Crippen LogP contribution is 2.12. The summed E-state index contributed by atoms with van der Waals surface area (Å²) in [5, 5.41) is 4.69. The molecule has 3 N–H and O–H groups in total. The lowest BCUT2D eigenvalue weighted by atomic mass is 10.1. The Hall–Kier alpha value is -4.18. The summed E-state index contributed by atoms with van der Waals surface area (Å²) < 4.78 is 15.9. The van der Waals surface area contributed by atoms with Crippen LogP contribution in [0.15, 0.2) is 76.1 Å². The van der Waals surface area contributed by atoms with Crippen LogP contribution in [0.1, 0.15) is 15.9 Å². The highest BCUT2D eigenvalue weighted by molar-refractivity contribution is 5.98. The summed E-state index contributed by atoms with van der Waals surface area (Å²) in [6.45, 7) is 0.205. The molecule has 33 heavy (non-hydrogen) atoms. The molecule has 0 aliphatic carbocycles. The van der Waals surface area contributed by atoms with E-state index in [2.05, 4.69) is 16.2 Å². The second-order valence-electron chi connectivity index (χ2n) is 7.54. The van der Waals surface area contributed by atoms with Gasteiger partial charge in [0.2, 0.25) is 0 Å². The number of benzene rings is 2. The van der Waals surface area contributed by atoms with Gasteiger partial charge in [-0.15, -0.1) is 0 Å². The van der Waals surface area contributed by atoms with Gasteiger partial charge in [0.15, 0.2) is 0 Å². The summed E-state index contributed by atoms with van der Waals surface area (Å²) in [5.74, 6) is -0.806. The van der Waals surface area contributed by atoms with Crippen LogP contribution in [0.3, 0.4) is 0 Å². The molecular weight excluding hydrogens is 427 g/mol.